The van der Waals surface area contributed by atoms with Crippen molar-refractivity contribution in [2.75, 3.05) is 0 Å². The SMILES string of the molecule is CC(C)Cn1ccnc(Oc2ccc(CN)c(Cl)c2)c1=O. The summed E-state index contributed by atoms with van der Waals surface area (Å²) in [5.74, 6) is 0.857. The van der Waals surface area contributed by atoms with Gasteiger partial charge < -0.3 is 15.0 Å². The van der Waals surface area contributed by atoms with Crippen LogP contribution in [0.5, 0.6) is 11.6 Å². The van der Waals surface area contributed by atoms with Gasteiger partial charge in [-0.3, -0.25) is 4.79 Å². The summed E-state index contributed by atoms with van der Waals surface area (Å²) in [6, 6.07) is 5.12. The summed E-state index contributed by atoms with van der Waals surface area (Å²) in [6.45, 7) is 5.05. The highest BCUT2D eigenvalue weighted by atomic mass is 35.5. The van der Waals surface area contributed by atoms with Crippen molar-refractivity contribution < 1.29 is 4.74 Å². The third-order valence-electron chi connectivity index (χ3n) is 2.90. The predicted octanol–water partition coefficient (Wildman–Crippen LogP) is 2.80. The molecule has 0 saturated carbocycles. The van der Waals surface area contributed by atoms with Crippen LogP contribution < -0.4 is 16.0 Å². The molecule has 0 atom stereocenters. The van der Waals surface area contributed by atoms with Crippen LogP contribution in [0, 0.1) is 5.92 Å². The first-order valence-electron chi connectivity index (χ1n) is 6.73. The third kappa shape index (κ3) is 3.83. The molecule has 1 heterocycles. The van der Waals surface area contributed by atoms with Crippen molar-refractivity contribution in [3.63, 3.8) is 0 Å². The molecule has 2 N–H and O–H groups in total. The molecule has 0 unspecified atom stereocenters. The largest absolute Gasteiger partial charge is 0.435 e. The lowest BCUT2D eigenvalue weighted by Gasteiger charge is -2.10. The molecule has 6 heteroatoms. The number of hydrogen-bond donors (Lipinski definition) is 1. The Kier molecular flexibility index (Phi) is 4.98. The second-order valence-corrected chi connectivity index (χ2v) is 5.55. The maximum Gasteiger partial charge on any atom is 0.313 e. The van der Waals surface area contributed by atoms with E-state index in [-0.39, 0.29) is 11.4 Å². The third-order valence-corrected chi connectivity index (χ3v) is 3.25. The molecule has 2 rings (SSSR count). The van der Waals surface area contributed by atoms with E-state index in [1.807, 2.05) is 13.8 Å². The number of nitrogens with zero attached hydrogens (tertiary/aromatic N) is 2. The van der Waals surface area contributed by atoms with Gasteiger partial charge in [-0.1, -0.05) is 31.5 Å². The van der Waals surface area contributed by atoms with Gasteiger partial charge in [0.05, 0.1) is 0 Å². The van der Waals surface area contributed by atoms with Crippen LogP contribution in [0.2, 0.25) is 5.02 Å². The quantitative estimate of drug-likeness (QED) is 0.922. The summed E-state index contributed by atoms with van der Waals surface area (Å²) in [6.07, 6.45) is 3.20. The van der Waals surface area contributed by atoms with Crippen molar-refractivity contribution in [3.05, 3.63) is 51.5 Å². The maximum atomic E-state index is 12.2. The van der Waals surface area contributed by atoms with Gasteiger partial charge in [-0.15, -0.1) is 0 Å². The number of ether oxygens (including phenoxy) is 1. The lowest BCUT2D eigenvalue weighted by molar-refractivity contribution is 0.432. The summed E-state index contributed by atoms with van der Waals surface area (Å²) < 4.78 is 7.13. The van der Waals surface area contributed by atoms with Gasteiger partial charge in [-0.05, 0) is 23.6 Å². The first-order chi connectivity index (χ1) is 10.0. The molecule has 0 amide bonds. The Bertz CT molecular complexity index is 683. The minimum absolute atomic E-state index is 0.0368. The fourth-order valence-electron chi connectivity index (χ4n) is 1.90. The minimum Gasteiger partial charge on any atom is -0.435 e. The van der Waals surface area contributed by atoms with Crippen LogP contribution in [0.1, 0.15) is 19.4 Å². The van der Waals surface area contributed by atoms with E-state index in [4.69, 9.17) is 22.1 Å². The highest BCUT2D eigenvalue weighted by Gasteiger charge is 2.09. The van der Waals surface area contributed by atoms with Crippen molar-refractivity contribution in [1.82, 2.24) is 9.55 Å². The molecule has 0 fully saturated rings. The molecule has 1 aromatic carbocycles. The van der Waals surface area contributed by atoms with E-state index in [1.54, 1.807) is 35.2 Å². The Morgan fingerprint density at radius 1 is 1.43 bits per heavy atom. The summed E-state index contributed by atoms with van der Waals surface area (Å²) in [5, 5.41) is 0.508. The lowest BCUT2D eigenvalue weighted by atomic mass is 10.2. The van der Waals surface area contributed by atoms with E-state index >= 15 is 0 Å². The zero-order valence-electron chi connectivity index (χ0n) is 12.0. The number of benzene rings is 1. The molecule has 0 aliphatic heterocycles. The molecule has 0 radical (unpaired) electrons. The molecule has 5 nitrogen and oxygen atoms in total. The fraction of sp³-hybridized carbons (Fsp3) is 0.333. The molecule has 0 spiro atoms. The Morgan fingerprint density at radius 3 is 2.81 bits per heavy atom. The Labute approximate surface area is 128 Å². The van der Waals surface area contributed by atoms with Crippen molar-refractivity contribution in [2.24, 2.45) is 11.7 Å². The van der Waals surface area contributed by atoms with Crippen LogP contribution in [-0.4, -0.2) is 9.55 Å². The summed E-state index contributed by atoms with van der Waals surface area (Å²) in [4.78, 5) is 16.2. The van der Waals surface area contributed by atoms with E-state index in [9.17, 15) is 4.79 Å². The highest BCUT2D eigenvalue weighted by Crippen LogP contribution is 2.24. The smallest absolute Gasteiger partial charge is 0.313 e. The van der Waals surface area contributed by atoms with Gasteiger partial charge in [-0.2, -0.15) is 0 Å². The highest BCUT2D eigenvalue weighted by molar-refractivity contribution is 6.31. The first-order valence-corrected chi connectivity index (χ1v) is 7.11. The Balaban J connectivity index is 2.27. The predicted molar refractivity (Wildman–Crippen MR) is 82.8 cm³/mol. The minimum atomic E-state index is -0.259. The molecule has 1 aromatic heterocycles. The van der Waals surface area contributed by atoms with Crippen molar-refractivity contribution in [2.45, 2.75) is 26.9 Å². The van der Waals surface area contributed by atoms with E-state index in [1.165, 1.54) is 0 Å². The molecule has 21 heavy (non-hydrogen) atoms. The summed E-state index contributed by atoms with van der Waals surface area (Å²) in [7, 11) is 0. The molecule has 2 aromatic rings. The second kappa shape index (κ2) is 6.74. The molecule has 112 valence electrons. The van der Waals surface area contributed by atoms with Crippen LogP contribution in [0.4, 0.5) is 0 Å². The van der Waals surface area contributed by atoms with Gasteiger partial charge in [0.15, 0.2) is 0 Å². The average Bonchev–Trinajstić information content (AvgIpc) is 2.43. The number of aromatic nitrogens is 2. The van der Waals surface area contributed by atoms with Crippen LogP contribution >= 0.6 is 11.6 Å². The zero-order chi connectivity index (χ0) is 15.4. The topological polar surface area (TPSA) is 70.1 Å². The van der Waals surface area contributed by atoms with Crippen LogP contribution in [-0.2, 0) is 13.1 Å². The molecule has 0 aliphatic rings. The Hall–Kier alpha value is -1.85. The Morgan fingerprint density at radius 2 is 2.19 bits per heavy atom. The first kappa shape index (κ1) is 15.5. The maximum absolute atomic E-state index is 12.2. The molecule has 0 saturated heterocycles. The molecule has 0 bridgehead atoms. The lowest BCUT2D eigenvalue weighted by Crippen LogP contribution is -2.23. The van der Waals surface area contributed by atoms with Gasteiger partial charge in [-0.25, -0.2) is 4.98 Å². The van der Waals surface area contributed by atoms with E-state index in [2.05, 4.69) is 4.98 Å². The van der Waals surface area contributed by atoms with E-state index in [0.29, 0.717) is 29.8 Å². The number of hydrogen-bond acceptors (Lipinski definition) is 4. The van der Waals surface area contributed by atoms with Gasteiger partial charge in [0.2, 0.25) is 0 Å². The summed E-state index contributed by atoms with van der Waals surface area (Å²) in [5.41, 5.74) is 6.12. The molecule has 0 aliphatic carbocycles. The van der Waals surface area contributed by atoms with E-state index < -0.39 is 0 Å². The zero-order valence-corrected chi connectivity index (χ0v) is 12.8. The van der Waals surface area contributed by atoms with Gasteiger partial charge in [0.1, 0.15) is 5.75 Å². The van der Waals surface area contributed by atoms with Gasteiger partial charge in [0.25, 0.3) is 5.88 Å². The summed E-state index contributed by atoms with van der Waals surface area (Å²) >= 11 is 6.07. The second-order valence-electron chi connectivity index (χ2n) is 5.14. The van der Waals surface area contributed by atoms with Crippen LogP contribution in [0.25, 0.3) is 0 Å². The van der Waals surface area contributed by atoms with E-state index in [0.717, 1.165) is 5.56 Å². The van der Waals surface area contributed by atoms with Crippen LogP contribution in [0.15, 0.2) is 35.4 Å². The molecular formula is C15H18ClN3O2. The number of halogens is 1. The molecular weight excluding hydrogens is 290 g/mol. The fourth-order valence-corrected chi connectivity index (χ4v) is 2.15. The van der Waals surface area contributed by atoms with Crippen molar-refractivity contribution in [3.8, 4) is 11.6 Å². The van der Waals surface area contributed by atoms with Crippen molar-refractivity contribution >= 4 is 11.6 Å². The normalized spacial score (nSPS) is 10.9. The number of nitrogens with two attached hydrogens (primary N) is 1. The monoisotopic (exact) mass is 307 g/mol. The van der Waals surface area contributed by atoms with Gasteiger partial charge >= 0.3 is 5.56 Å². The van der Waals surface area contributed by atoms with Crippen LogP contribution in [0.3, 0.4) is 0 Å². The number of rotatable bonds is 5. The van der Waals surface area contributed by atoms with Crippen molar-refractivity contribution in [1.29, 1.82) is 0 Å². The standard InChI is InChI=1S/C15H18ClN3O2/c1-10(2)9-19-6-5-18-14(15(19)20)21-12-4-3-11(8-17)13(16)7-12/h3-7,10H,8-9,17H2,1-2H3. The van der Waals surface area contributed by atoms with Gasteiger partial charge in [0, 0.05) is 30.5 Å². The average molecular weight is 308 g/mol.